The van der Waals surface area contributed by atoms with Gasteiger partial charge in [-0.2, -0.15) is 0 Å². The minimum Gasteiger partial charge on any atom is -0.348 e. The summed E-state index contributed by atoms with van der Waals surface area (Å²) in [7, 11) is 0. The summed E-state index contributed by atoms with van der Waals surface area (Å²) in [5.41, 5.74) is 0. The molecule has 0 N–H and O–H groups in total. The fourth-order valence-corrected chi connectivity index (χ4v) is 2.97. The van der Waals surface area contributed by atoms with Gasteiger partial charge >= 0.3 is 0 Å². The molecule has 1 unspecified atom stereocenters. The first-order valence-corrected chi connectivity index (χ1v) is 6.23. The van der Waals surface area contributed by atoms with Gasteiger partial charge in [-0.05, 0) is 34.7 Å². The molecule has 72 valence electrons. The monoisotopic (exact) mass is 260 g/mol. The maximum absolute atomic E-state index is 4.37. The second kappa shape index (κ2) is 3.96. The van der Waals surface area contributed by atoms with Crippen LogP contribution in [-0.2, 0) is 0 Å². The first-order valence-electron chi connectivity index (χ1n) is 4.62. The molecule has 0 amide bonds. The Morgan fingerprint density at radius 3 is 3.15 bits per heavy atom. The minimum absolute atomic E-state index is 0.816. The fourth-order valence-electron chi connectivity index (χ4n) is 1.76. The molecule has 4 heteroatoms. The lowest BCUT2D eigenvalue weighted by atomic mass is 10.0. The van der Waals surface area contributed by atoms with Gasteiger partial charge in [-0.3, -0.25) is 0 Å². The van der Waals surface area contributed by atoms with Crippen LogP contribution in [0.3, 0.4) is 0 Å². The van der Waals surface area contributed by atoms with Gasteiger partial charge in [-0.1, -0.05) is 18.3 Å². The number of rotatable bonds is 1. The van der Waals surface area contributed by atoms with Crippen molar-refractivity contribution in [3.05, 3.63) is 9.98 Å². The largest absolute Gasteiger partial charge is 0.348 e. The number of nitrogens with zero attached hydrogens (tertiary/aromatic N) is 2. The van der Waals surface area contributed by atoms with Crippen molar-refractivity contribution in [2.45, 2.75) is 19.8 Å². The van der Waals surface area contributed by atoms with Crippen molar-refractivity contribution < 1.29 is 0 Å². The average molecular weight is 261 g/mol. The lowest BCUT2D eigenvalue weighted by Crippen LogP contribution is -2.34. The molecule has 2 rings (SSSR count). The summed E-state index contributed by atoms with van der Waals surface area (Å²) in [6.07, 6.45) is 4.56. The molecule has 1 aliphatic rings. The summed E-state index contributed by atoms with van der Waals surface area (Å²) < 4.78 is 1.13. The van der Waals surface area contributed by atoms with Crippen molar-refractivity contribution in [1.29, 1.82) is 0 Å². The molecule has 0 spiro atoms. The van der Waals surface area contributed by atoms with Crippen molar-refractivity contribution in [2.24, 2.45) is 5.92 Å². The molecule has 1 aromatic heterocycles. The van der Waals surface area contributed by atoms with Gasteiger partial charge in [0, 0.05) is 13.1 Å². The zero-order valence-electron chi connectivity index (χ0n) is 7.66. The van der Waals surface area contributed by atoms with Gasteiger partial charge in [0.05, 0.1) is 9.98 Å². The SMILES string of the molecule is CC1CCCN(c2ncc(Br)s2)C1. The first-order chi connectivity index (χ1) is 6.25. The standard InChI is InChI=1S/C9H13BrN2S/c1-7-3-2-4-12(6-7)9-11-5-8(10)13-9/h5,7H,2-4,6H2,1H3. The van der Waals surface area contributed by atoms with Gasteiger partial charge in [-0.15, -0.1) is 0 Å². The topological polar surface area (TPSA) is 16.1 Å². The number of thiazole rings is 1. The maximum atomic E-state index is 4.37. The Labute approximate surface area is 91.1 Å². The number of halogens is 1. The fraction of sp³-hybridized carbons (Fsp3) is 0.667. The van der Waals surface area contributed by atoms with Crippen LogP contribution in [-0.4, -0.2) is 18.1 Å². The third-order valence-corrected chi connectivity index (χ3v) is 3.93. The van der Waals surface area contributed by atoms with Crippen LogP contribution < -0.4 is 4.90 Å². The van der Waals surface area contributed by atoms with Gasteiger partial charge < -0.3 is 4.90 Å². The summed E-state index contributed by atoms with van der Waals surface area (Å²) in [5.74, 6) is 0.816. The predicted octanol–water partition coefficient (Wildman–Crippen LogP) is 3.14. The van der Waals surface area contributed by atoms with Crippen LogP contribution in [0.5, 0.6) is 0 Å². The summed E-state index contributed by atoms with van der Waals surface area (Å²) >= 11 is 5.17. The zero-order chi connectivity index (χ0) is 9.26. The maximum Gasteiger partial charge on any atom is 0.186 e. The highest BCUT2D eigenvalue weighted by Crippen LogP contribution is 2.29. The molecule has 1 aromatic rings. The Kier molecular flexibility index (Phi) is 2.89. The van der Waals surface area contributed by atoms with E-state index in [0.29, 0.717) is 0 Å². The molecule has 0 radical (unpaired) electrons. The summed E-state index contributed by atoms with van der Waals surface area (Å²) in [4.78, 5) is 6.76. The van der Waals surface area contributed by atoms with E-state index in [1.165, 1.54) is 31.1 Å². The second-order valence-electron chi connectivity index (χ2n) is 3.64. The molecule has 1 saturated heterocycles. The van der Waals surface area contributed by atoms with Crippen molar-refractivity contribution >= 4 is 32.4 Å². The molecule has 13 heavy (non-hydrogen) atoms. The summed E-state index contributed by atoms with van der Waals surface area (Å²) in [5, 5.41) is 1.17. The van der Waals surface area contributed by atoms with Gasteiger partial charge in [0.1, 0.15) is 0 Å². The number of hydrogen-bond donors (Lipinski definition) is 0. The Hall–Kier alpha value is -0.0900. The number of hydrogen-bond acceptors (Lipinski definition) is 3. The van der Waals surface area contributed by atoms with Crippen molar-refractivity contribution in [2.75, 3.05) is 18.0 Å². The van der Waals surface area contributed by atoms with Gasteiger partial charge in [-0.25, -0.2) is 4.98 Å². The van der Waals surface area contributed by atoms with Crippen LogP contribution in [0.4, 0.5) is 5.13 Å². The summed E-state index contributed by atoms with van der Waals surface area (Å²) in [6, 6.07) is 0. The van der Waals surface area contributed by atoms with Gasteiger partial charge in [0.15, 0.2) is 5.13 Å². The van der Waals surface area contributed by atoms with Crippen LogP contribution in [0.1, 0.15) is 19.8 Å². The highest BCUT2D eigenvalue weighted by molar-refractivity contribution is 9.11. The number of anilines is 1. The molecule has 0 aromatic carbocycles. The number of aromatic nitrogens is 1. The van der Waals surface area contributed by atoms with Crippen LogP contribution in [0.2, 0.25) is 0 Å². The van der Waals surface area contributed by atoms with E-state index in [0.717, 1.165) is 9.70 Å². The van der Waals surface area contributed by atoms with Gasteiger partial charge in [0.25, 0.3) is 0 Å². The Morgan fingerprint density at radius 2 is 2.54 bits per heavy atom. The third kappa shape index (κ3) is 2.23. The second-order valence-corrected chi connectivity index (χ2v) is 6.03. The van der Waals surface area contributed by atoms with E-state index in [1.807, 2.05) is 6.20 Å². The lowest BCUT2D eigenvalue weighted by molar-refractivity contribution is 0.446. The normalized spacial score (nSPS) is 23.5. The Morgan fingerprint density at radius 1 is 1.69 bits per heavy atom. The zero-order valence-corrected chi connectivity index (χ0v) is 10.1. The predicted molar refractivity (Wildman–Crippen MR) is 60.4 cm³/mol. The molecule has 1 fully saturated rings. The van der Waals surface area contributed by atoms with E-state index >= 15 is 0 Å². The highest BCUT2D eigenvalue weighted by Gasteiger charge is 2.18. The third-order valence-electron chi connectivity index (χ3n) is 2.39. The van der Waals surface area contributed by atoms with Crippen LogP contribution >= 0.6 is 27.3 Å². The summed E-state index contributed by atoms with van der Waals surface area (Å²) in [6.45, 7) is 4.65. The molecule has 1 atom stereocenters. The van der Waals surface area contributed by atoms with Crippen molar-refractivity contribution in [1.82, 2.24) is 4.98 Å². The van der Waals surface area contributed by atoms with E-state index in [9.17, 15) is 0 Å². The molecule has 0 saturated carbocycles. The molecular formula is C9H13BrN2S. The Bertz CT molecular complexity index is 287. The molecular weight excluding hydrogens is 248 g/mol. The average Bonchev–Trinajstić information content (AvgIpc) is 2.52. The van der Waals surface area contributed by atoms with E-state index in [4.69, 9.17) is 0 Å². The highest BCUT2D eigenvalue weighted by atomic mass is 79.9. The van der Waals surface area contributed by atoms with E-state index in [1.54, 1.807) is 11.3 Å². The molecule has 2 nitrogen and oxygen atoms in total. The van der Waals surface area contributed by atoms with E-state index < -0.39 is 0 Å². The van der Waals surface area contributed by atoms with Crippen LogP contribution in [0.25, 0.3) is 0 Å². The van der Waals surface area contributed by atoms with E-state index in [-0.39, 0.29) is 0 Å². The lowest BCUT2D eigenvalue weighted by Gasteiger charge is -2.30. The molecule has 2 heterocycles. The quantitative estimate of drug-likeness (QED) is 0.772. The number of piperidine rings is 1. The van der Waals surface area contributed by atoms with Crippen LogP contribution in [0, 0.1) is 5.92 Å². The van der Waals surface area contributed by atoms with Crippen LogP contribution in [0.15, 0.2) is 9.98 Å². The molecule has 1 aliphatic heterocycles. The molecule has 0 aliphatic carbocycles. The van der Waals surface area contributed by atoms with E-state index in [2.05, 4.69) is 32.7 Å². The van der Waals surface area contributed by atoms with Crippen molar-refractivity contribution in [3.63, 3.8) is 0 Å². The molecule has 0 bridgehead atoms. The smallest absolute Gasteiger partial charge is 0.186 e. The van der Waals surface area contributed by atoms with Gasteiger partial charge in [0.2, 0.25) is 0 Å². The minimum atomic E-state index is 0.816. The van der Waals surface area contributed by atoms with Crippen molar-refractivity contribution in [3.8, 4) is 0 Å². The first kappa shape index (κ1) is 9.46. The Balaban J connectivity index is 2.08.